The zero-order valence-corrected chi connectivity index (χ0v) is 9.30. The summed E-state index contributed by atoms with van der Waals surface area (Å²) in [7, 11) is 0. The van der Waals surface area contributed by atoms with Gasteiger partial charge >= 0.3 is 5.97 Å². The van der Waals surface area contributed by atoms with Crippen LogP contribution in [0.4, 0.5) is 0 Å². The third-order valence-corrected chi connectivity index (χ3v) is 2.81. The first-order valence-electron chi connectivity index (χ1n) is 5.43. The van der Waals surface area contributed by atoms with Gasteiger partial charge in [-0.2, -0.15) is 0 Å². The molecule has 0 unspecified atom stereocenters. The summed E-state index contributed by atoms with van der Waals surface area (Å²) in [6, 6.07) is 7.99. The molecule has 0 atom stereocenters. The number of nitrogens with zero attached hydrogens (tertiary/aromatic N) is 1. The predicted octanol–water partition coefficient (Wildman–Crippen LogP) is 1.21. The van der Waals surface area contributed by atoms with Crippen LogP contribution >= 0.6 is 0 Å². The Bertz CT molecular complexity index is 479. The maximum absolute atomic E-state index is 11.7. The molecule has 0 bridgehead atoms. The molecule has 4 nitrogen and oxygen atoms in total. The number of fused-ring (bicyclic) bond motifs is 1. The Morgan fingerprint density at radius 1 is 1.18 bits per heavy atom. The number of aliphatic carboxylic acids is 1. The summed E-state index contributed by atoms with van der Waals surface area (Å²) in [6.07, 6.45) is 2.81. The Hall–Kier alpha value is -2.10. The average Bonchev–Trinajstić information content (AvgIpc) is 2.35. The maximum Gasteiger partial charge on any atom is 0.328 e. The van der Waals surface area contributed by atoms with Crippen molar-refractivity contribution < 1.29 is 14.7 Å². The van der Waals surface area contributed by atoms with Crippen molar-refractivity contribution in [1.82, 2.24) is 4.90 Å². The molecule has 1 N–H and O–H groups in total. The standard InChI is InChI=1S/C13H13NO3/c15-12(5-6-13(16)17)14-8-7-10-3-1-2-4-11(10)9-14/h1-6H,7-9H2,(H,16,17)/b6-5+. The first kappa shape index (κ1) is 11.4. The molecule has 1 aliphatic rings. The van der Waals surface area contributed by atoms with Gasteiger partial charge in [-0.3, -0.25) is 4.79 Å². The first-order chi connectivity index (χ1) is 8.16. The monoisotopic (exact) mass is 231 g/mol. The van der Waals surface area contributed by atoms with Crippen LogP contribution in [0.25, 0.3) is 0 Å². The molecule has 1 amide bonds. The molecule has 1 aliphatic heterocycles. The smallest absolute Gasteiger partial charge is 0.328 e. The molecule has 1 aromatic rings. The number of rotatable bonds is 2. The van der Waals surface area contributed by atoms with E-state index in [9.17, 15) is 9.59 Å². The van der Waals surface area contributed by atoms with Crippen LogP contribution in [0, 0.1) is 0 Å². The molecule has 88 valence electrons. The molecule has 0 spiro atoms. The molecule has 17 heavy (non-hydrogen) atoms. The van der Waals surface area contributed by atoms with Gasteiger partial charge < -0.3 is 10.0 Å². The van der Waals surface area contributed by atoms with Crippen molar-refractivity contribution in [3.63, 3.8) is 0 Å². The molecule has 0 aromatic heterocycles. The maximum atomic E-state index is 11.7. The minimum absolute atomic E-state index is 0.248. The highest BCUT2D eigenvalue weighted by atomic mass is 16.4. The normalized spacial score (nSPS) is 14.7. The Morgan fingerprint density at radius 3 is 2.59 bits per heavy atom. The molecular weight excluding hydrogens is 218 g/mol. The van der Waals surface area contributed by atoms with Gasteiger partial charge in [0.05, 0.1) is 0 Å². The summed E-state index contributed by atoms with van der Waals surface area (Å²) in [6.45, 7) is 1.19. The Labute approximate surface area is 99.2 Å². The number of carboxylic acids is 1. The average molecular weight is 231 g/mol. The van der Waals surface area contributed by atoms with Gasteiger partial charge in [0.25, 0.3) is 0 Å². The number of hydrogen-bond acceptors (Lipinski definition) is 2. The molecule has 4 heteroatoms. The summed E-state index contributed by atoms with van der Waals surface area (Å²) in [5.41, 5.74) is 2.40. The lowest BCUT2D eigenvalue weighted by molar-refractivity contribution is -0.132. The topological polar surface area (TPSA) is 57.6 Å². The van der Waals surface area contributed by atoms with Crippen LogP contribution in [0.5, 0.6) is 0 Å². The van der Waals surface area contributed by atoms with E-state index in [4.69, 9.17) is 5.11 Å². The third-order valence-electron chi connectivity index (χ3n) is 2.81. The van der Waals surface area contributed by atoms with Crippen molar-refractivity contribution >= 4 is 11.9 Å². The molecule has 0 saturated carbocycles. The van der Waals surface area contributed by atoms with Crippen LogP contribution in [0.1, 0.15) is 11.1 Å². The molecule has 0 fully saturated rings. The van der Waals surface area contributed by atoms with E-state index in [0.717, 1.165) is 24.1 Å². The number of hydrogen-bond donors (Lipinski definition) is 1. The quantitative estimate of drug-likeness (QED) is 0.778. The molecule has 0 saturated heterocycles. The lowest BCUT2D eigenvalue weighted by Gasteiger charge is -2.27. The van der Waals surface area contributed by atoms with Crippen molar-refractivity contribution in [3.05, 3.63) is 47.5 Å². The molecular formula is C13H13NO3. The number of carboxylic acid groups (broad SMARTS) is 1. The lowest BCUT2D eigenvalue weighted by atomic mass is 10.00. The summed E-state index contributed by atoms with van der Waals surface area (Å²) in [5, 5.41) is 8.46. The second-order valence-corrected chi connectivity index (χ2v) is 3.95. The first-order valence-corrected chi connectivity index (χ1v) is 5.43. The Kier molecular flexibility index (Phi) is 3.23. The molecule has 1 aromatic carbocycles. The van der Waals surface area contributed by atoms with E-state index >= 15 is 0 Å². The van der Waals surface area contributed by atoms with Gasteiger partial charge in [0, 0.05) is 25.2 Å². The van der Waals surface area contributed by atoms with Crippen LogP contribution in [0.3, 0.4) is 0 Å². The molecule has 1 heterocycles. The van der Waals surface area contributed by atoms with Crippen molar-refractivity contribution in [2.24, 2.45) is 0 Å². The van der Waals surface area contributed by atoms with Crippen molar-refractivity contribution in [1.29, 1.82) is 0 Å². The van der Waals surface area contributed by atoms with E-state index < -0.39 is 5.97 Å². The summed E-state index contributed by atoms with van der Waals surface area (Å²) in [5.74, 6) is -1.35. The zero-order chi connectivity index (χ0) is 12.3. The predicted molar refractivity (Wildman–Crippen MR) is 62.3 cm³/mol. The van der Waals surface area contributed by atoms with E-state index in [1.54, 1.807) is 4.90 Å². The molecule has 0 radical (unpaired) electrons. The largest absolute Gasteiger partial charge is 0.478 e. The zero-order valence-electron chi connectivity index (χ0n) is 9.30. The van der Waals surface area contributed by atoms with Gasteiger partial charge in [-0.15, -0.1) is 0 Å². The van der Waals surface area contributed by atoms with E-state index in [0.29, 0.717) is 13.1 Å². The van der Waals surface area contributed by atoms with Gasteiger partial charge in [-0.25, -0.2) is 4.79 Å². The van der Waals surface area contributed by atoms with E-state index in [2.05, 4.69) is 6.07 Å². The highest BCUT2D eigenvalue weighted by Crippen LogP contribution is 2.18. The number of benzene rings is 1. The van der Waals surface area contributed by atoms with Gasteiger partial charge in [-0.05, 0) is 17.5 Å². The fourth-order valence-corrected chi connectivity index (χ4v) is 1.93. The fourth-order valence-electron chi connectivity index (χ4n) is 1.93. The fraction of sp³-hybridized carbons (Fsp3) is 0.231. The number of carbonyl (C=O) groups excluding carboxylic acids is 1. The van der Waals surface area contributed by atoms with Crippen molar-refractivity contribution in [2.45, 2.75) is 13.0 Å². The second kappa shape index (κ2) is 4.82. The number of carbonyl (C=O) groups is 2. The number of amides is 1. The van der Waals surface area contributed by atoms with Crippen LogP contribution in [0.15, 0.2) is 36.4 Å². The highest BCUT2D eigenvalue weighted by Gasteiger charge is 2.18. The van der Waals surface area contributed by atoms with E-state index in [1.165, 1.54) is 5.56 Å². The van der Waals surface area contributed by atoms with Crippen molar-refractivity contribution in [2.75, 3.05) is 6.54 Å². The lowest BCUT2D eigenvalue weighted by Crippen LogP contribution is -2.34. The van der Waals surface area contributed by atoms with Gasteiger partial charge in [0.1, 0.15) is 0 Å². The van der Waals surface area contributed by atoms with E-state index in [1.807, 2.05) is 18.2 Å². The van der Waals surface area contributed by atoms with Crippen LogP contribution in [-0.2, 0) is 22.6 Å². The Morgan fingerprint density at radius 2 is 1.88 bits per heavy atom. The van der Waals surface area contributed by atoms with Gasteiger partial charge in [0.15, 0.2) is 0 Å². The molecule has 2 rings (SSSR count). The summed E-state index contributed by atoms with van der Waals surface area (Å²) in [4.78, 5) is 23.7. The Balaban J connectivity index is 2.07. The summed E-state index contributed by atoms with van der Waals surface area (Å²) < 4.78 is 0. The van der Waals surface area contributed by atoms with Gasteiger partial charge in [0.2, 0.25) is 5.91 Å². The van der Waals surface area contributed by atoms with Crippen LogP contribution < -0.4 is 0 Å². The highest BCUT2D eigenvalue weighted by molar-refractivity contribution is 5.94. The summed E-state index contributed by atoms with van der Waals surface area (Å²) >= 11 is 0. The molecule has 0 aliphatic carbocycles. The third kappa shape index (κ3) is 2.72. The van der Waals surface area contributed by atoms with Crippen LogP contribution in [0.2, 0.25) is 0 Å². The minimum atomic E-state index is -1.10. The SMILES string of the molecule is O=C(O)/C=C/C(=O)N1CCc2ccccc2C1. The second-order valence-electron chi connectivity index (χ2n) is 3.95. The van der Waals surface area contributed by atoms with Gasteiger partial charge in [-0.1, -0.05) is 24.3 Å². The van der Waals surface area contributed by atoms with Crippen molar-refractivity contribution in [3.8, 4) is 0 Å². The van der Waals surface area contributed by atoms with Crippen LogP contribution in [-0.4, -0.2) is 28.4 Å². The minimum Gasteiger partial charge on any atom is -0.478 e. The van der Waals surface area contributed by atoms with E-state index in [-0.39, 0.29) is 5.91 Å².